The summed E-state index contributed by atoms with van der Waals surface area (Å²) in [6.45, 7) is 14.1. The van der Waals surface area contributed by atoms with E-state index in [2.05, 4.69) is 66.5 Å². The first kappa shape index (κ1) is 42.2. The highest BCUT2D eigenvalue weighted by molar-refractivity contribution is 5.99. The number of benzene rings is 1. The Kier molecular flexibility index (Phi) is 14.5. The smallest absolute Gasteiger partial charge is 0.312 e. The van der Waals surface area contributed by atoms with E-state index in [9.17, 15) is 24.0 Å². The minimum atomic E-state index is -0.902. The molecule has 1 aromatic rings. The number of rotatable bonds is 16. The number of carbonyl (C=O) groups is 5. The van der Waals surface area contributed by atoms with Crippen LogP contribution in [0.4, 0.5) is 10.5 Å². The van der Waals surface area contributed by atoms with Crippen LogP contribution in [0.3, 0.4) is 0 Å². The molecule has 0 aromatic heterocycles. The van der Waals surface area contributed by atoms with Crippen LogP contribution in [0.5, 0.6) is 0 Å². The van der Waals surface area contributed by atoms with Gasteiger partial charge in [0, 0.05) is 37.3 Å². The third-order valence-corrected chi connectivity index (χ3v) is 11.9. The topological polar surface area (TPSA) is 184 Å². The highest BCUT2D eigenvalue weighted by Gasteiger charge is 2.48. The van der Waals surface area contributed by atoms with Gasteiger partial charge >= 0.3 is 6.03 Å². The number of ketones is 2. The van der Waals surface area contributed by atoms with Gasteiger partial charge in [0.25, 0.3) is 0 Å². The molecule has 2 heterocycles. The van der Waals surface area contributed by atoms with Gasteiger partial charge in [-0.25, -0.2) is 4.79 Å². The van der Waals surface area contributed by atoms with Crippen molar-refractivity contribution in [2.24, 2.45) is 17.1 Å². The van der Waals surface area contributed by atoms with E-state index >= 15 is 0 Å². The van der Waals surface area contributed by atoms with Gasteiger partial charge < -0.3 is 32.3 Å². The third kappa shape index (κ3) is 12.0. The number of fused-ring (bicyclic) bond motifs is 6. The molecule has 12 heteroatoms. The molecule has 0 spiro atoms. The van der Waals surface area contributed by atoms with Crippen LogP contribution >= 0.6 is 0 Å². The van der Waals surface area contributed by atoms with Crippen molar-refractivity contribution in [3.8, 4) is 0 Å². The van der Waals surface area contributed by atoms with E-state index in [-0.39, 0.29) is 47.3 Å². The summed E-state index contributed by atoms with van der Waals surface area (Å²) in [6.07, 6.45) is 9.44. The zero-order valence-electron chi connectivity index (χ0n) is 33.2. The van der Waals surface area contributed by atoms with E-state index in [1.54, 1.807) is 6.92 Å². The molecule has 2 aliphatic carbocycles. The Bertz CT molecular complexity index is 1420. The van der Waals surface area contributed by atoms with Gasteiger partial charge in [-0.05, 0) is 108 Å². The molecule has 0 unspecified atom stereocenters. The second-order valence-electron chi connectivity index (χ2n) is 17.7. The van der Waals surface area contributed by atoms with Gasteiger partial charge in [-0.15, -0.1) is 0 Å². The van der Waals surface area contributed by atoms with Crippen molar-refractivity contribution >= 4 is 35.1 Å². The van der Waals surface area contributed by atoms with Gasteiger partial charge in [-0.1, -0.05) is 52.2 Å². The molecule has 53 heavy (non-hydrogen) atoms. The summed E-state index contributed by atoms with van der Waals surface area (Å²) in [5.74, 6) is 0.129. The maximum Gasteiger partial charge on any atom is 0.312 e. The minimum absolute atomic E-state index is 0.0235. The molecule has 4 aliphatic rings. The van der Waals surface area contributed by atoms with E-state index in [0.29, 0.717) is 64.0 Å². The van der Waals surface area contributed by atoms with Crippen molar-refractivity contribution in [1.29, 1.82) is 0 Å². The second-order valence-corrected chi connectivity index (χ2v) is 17.7. The first-order valence-electron chi connectivity index (χ1n) is 20.0. The number of Topliss-reactive ketones (excluding diaryl/α,β-unsaturated/α-hetero) is 2. The number of anilines is 1. The van der Waals surface area contributed by atoms with Crippen LogP contribution in [0.15, 0.2) is 24.3 Å². The lowest BCUT2D eigenvalue weighted by molar-refractivity contribution is -0.133. The molecule has 4 amide bonds. The fourth-order valence-electron chi connectivity index (χ4n) is 8.51. The number of urea groups is 1. The number of hydrogen-bond donors (Lipinski definition) is 7. The van der Waals surface area contributed by atoms with Crippen LogP contribution in [0.2, 0.25) is 0 Å². The molecule has 2 saturated carbocycles. The Labute approximate surface area is 317 Å². The van der Waals surface area contributed by atoms with Crippen molar-refractivity contribution in [2.45, 2.75) is 160 Å². The predicted octanol–water partition coefficient (Wildman–Crippen LogP) is 4.65. The molecular formula is C41H67N7O5. The summed E-state index contributed by atoms with van der Waals surface area (Å²) in [7, 11) is 0. The fourth-order valence-corrected chi connectivity index (χ4v) is 8.51. The number of amides is 4. The van der Waals surface area contributed by atoms with E-state index < -0.39 is 29.2 Å². The Balaban J connectivity index is 1.47. The van der Waals surface area contributed by atoms with Crippen LogP contribution < -0.4 is 37.6 Å². The van der Waals surface area contributed by atoms with Gasteiger partial charge in [-0.3, -0.25) is 24.5 Å². The minimum Gasteiger partial charge on any atom is -0.373 e. The maximum absolute atomic E-state index is 14.7. The number of nitrogens with one attached hydrogen (secondary N) is 6. The zero-order chi connectivity index (χ0) is 38.9. The maximum atomic E-state index is 14.7. The van der Waals surface area contributed by atoms with Gasteiger partial charge in [0.1, 0.15) is 0 Å². The Morgan fingerprint density at radius 2 is 1.60 bits per heavy atom. The summed E-state index contributed by atoms with van der Waals surface area (Å²) in [5, 5.41) is 19.3. The number of nitrogens with two attached hydrogens (primary N) is 1. The van der Waals surface area contributed by atoms with E-state index in [1.165, 1.54) is 0 Å². The van der Waals surface area contributed by atoms with Gasteiger partial charge in [0.2, 0.25) is 11.8 Å². The largest absolute Gasteiger partial charge is 0.373 e. The quantitative estimate of drug-likeness (QED) is 0.120. The fraction of sp³-hybridized carbons (Fsp3) is 0.732. The van der Waals surface area contributed by atoms with Crippen LogP contribution in [0.25, 0.3) is 0 Å². The molecular weight excluding hydrogens is 670 g/mol. The highest BCUT2D eigenvalue weighted by Crippen LogP contribution is 2.40. The lowest BCUT2D eigenvalue weighted by atomic mass is 9.69. The Hall–Kier alpha value is -3.51. The molecule has 2 atom stereocenters. The monoisotopic (exact) mass is 738 g/mol. The molecule has 2 bridgehead atoms. The van der Waals surface area contributed by atoms with Crippen molar-refractivity contribution in [3.05, 3.63) is 29.8 Å². The molecule has 4 fully saturated rings. The molecule has 0 radical (unpaired) electrons. The summed E-state index contributed by atoms with van der Waals surface area (Å²) in [5.41, 5.74) is 5.38. The van der Waals surface area contributed by atoms with E-state index in [1.807, 2.05) is 24.3 Å². The second kappa shape index (κ2) is 18.2. The van der Waals surface area contributed by atoms with Crippen LogP contribution in [0, 0.1) is 11.3 Å². The van der Waals surface area contributed by atoms with Gasteiger partial charge in [0.15, 0.2) is 11.6 Å². The lowest BCUT2D eigenvalue weighted by Gasteiger charge is -2.44. The van der Waals surface area contributed by atoms with Crippen molar-refractivity contribution in [1.82, 2.24) is 26.6 Å². The zero-order valence-corrected chi connectivity index (χ0v) is 33.2. The van der Waals surface area contributed by atoms with E-state index in [4.69, 9.17) is 5.73 Å². The lowest BCUT2D eigenvalue weighted by Crippen LogP contribution is -2.63. The number of primary amides is 1. The van der Waals surface area contributed by atoms with E-state index in [0.717, 1.165) is 49.8 Å². The van der Waals surface area contributed by atoms with Crippen molar-refractivity contribution in [3.63, 3.8) is 0 Å². The summed E-state index contributed by atoms with van der Waals surface area (Å²) in [4.78, 5) is 66.3. The van der Waals surface area contributed by atoms with Gasteiger partial charge in [0.05, 0.1) is 29.6 Å². The normalized spacial score (nSPS) is 23.7. The predicted molar refractivity (Wildman–Crippen MR) is 209 cm³/mol. The van der Waals surface area contributed by atoms with Crippen LogP contribution in [-0.2, 0) is 25.6 Å². The summed E-state index contributed by atoms with van der Waals surface area (Å²) < 4.78 is 0. The van der Waals surface area contributed by atoms with Crippen LogP contribution in [-0.4, -0.2) is 77.7 Å². The SMILES string of the molecule is C[C@H](NC12CCC(CC1)C(C)(C)NCCC2=O)C(=O)N[C@@H](CCCNC(N)=O)C(=O)C1(Nc2ccc(CC(=O)NCCC(C)(C)C)cc2)CCCCC1. The van der Waals surface area contributed by atoms with Gasteiger partial charge in [-0.2, -0.15) is 0 Å². The Morgan fingerprint density at radius 3 is 2.23 bits per heavy atom. The van der Waals surface area contributed by atoms with Crippen molar-refractivity contribution < 1.29 is 24.0 Å². The Morgan fingerprint density at radius 1 is 0.943 bits per heavy atom. The first-order chi connectivity index (χ1) is 24.9. The standard InChI is InChI=1S/C41H67N7O5/c1-28(47-40-21-16-30(17-22-40)39(5,6)45-25-18-33(40)49)36(52)46-32(11-10-24-44-37(42)53)35(51)41(19-8-7-9-20-41)48-31-14-12-29(13-15-31)27-34(50)43-26-23-38(2,3)4/h12-15,28,30,32,45,47-48H,7-11,16-27H2,1-6H3,(H,43,50)(H,46,52)(H3,42,44,53)/t28-,30?,32-,40?/m0/s1. The number of carbonyl (C=O) groups excluding carboxylic acids is 5. The van der Waals surface area contributed by atoms with Crippen molar-refractivity contribution in [2.75, 3.05) is 25.0 Å². The average molecular weight is 738 g/mol. The summed E-state index contributed by atoms with van der Waals surface area (Å²) in [6, 6.07) is 5.49. The first-order valence-corrected chi connectivity index (χ1v) is 20.0. The van der Waals surface area contributed by atoms with Crippen LogP contribution in [0.1, 0.15) is 131 Å². The number of hydrogen-bond acceptors (Lipinski definition) is 8. The molecule has 2 aliphatic heterocycles. The molecule has 296 valence electrons. The highest BCUT2D eigenvalue weighted by atomic mass is 16.2. The molecule has 1 aromatic carbocycles. The molecule has 2 saturated heterocycles. The third-order valence-electron chi connectivity index (χ3n) is 11.9. The molecule has 8 N–H and O–H groups in total. The average Bonchev–Trinajstić information content (AvgIpc) is 3.16. The molecule has 5 rings (SSSR count). The molecule has 12 nitrogen and oxygen atoms in total. The summed E-state index contributed by atoms with van der Waals surface area (Å²) >= 11 is 0.